The van der Waals surface area contributed by atoms with Gasteiger partial charge in [-0.1, -0.05) is 37.7 Å². The molecule has 0 spiro atoms. The van der Waals surface area contributed by atoms with Crippen LogP contribution in [0.3, 0.4) is 0 Å². The zero-order valence-corrected chi connectivity index (χ0v) is 13.6. The summed E-state index contributed by atoms with van der Waals surface area (Å²) >= 11 is 0. The Kier molecular flexibility index (Phi) is 4.94. The van der Waals surface area contributed by atoms with E-state index < -0.39 is 11.6 Å². The average molecular weight is 328 g/mol. The molecule has 0 unspecified atom stereocenters. The van der Waals surface area contributed by atoms with Gasteiger partial charge in [0.05, 0.1) is 5.56 Å². The number of rotatable bonds is 1. The summed E-state index contributed by atoms with van der Waals surface area (Å²) in [4.78, 5) is 0. The molecule has 0 aliphatic heterocycles. The van der Waals surface area contributed by atoms with Gasteiger partial charge in [0.25, 0.3) is 0 Å². The summed E-state index contributed by atoms with van der Waals surface area (Å²) < 4.78 is 40.3. The topological polar surface area (TPSA) is 0 Å². The molecule has 1 aliphatic carbocycles. The lowest BCUT2D eigenvalue weighted by molar-refractivity contribution is 0.347. The highest BCUT2D eigenvalue weighted by Crippen LogP contribution is 2.35. The molecule has 0 aromatic heterocycles. The minimum absolute atomic E-state index is 0.271. The first kappa shape index (κ1) is 16.6. The van der Waals surface area contributed by atoms with Crippen LogP contribution < -0.4 is 0 Å². The molecule has 3 rings (SSSR count). The van der Waals surface area contributed by atoms with Crippen LogP contribution in [-0.2, 0) is 0 Å². The minimum Gasteiger partial charge on any atom is -0.206 e. The van der Waals surface area contributed by atoms with Crippen molar-refractivity contribution in [3.8, 4) is 11.8 Å². The fourth-order valence-corrected chi connectivity index (χ4v) is 3.19. The molecule has 0 bridgehead atoms. The maximum absolute atomic E-state index is 14.3. The van der Waals surface area contributed by atoms with Crippen molar-refractivity contribution in [1.82, 2.24) is 0 Å². The van der Waals surface area contributed by atoms with Gasteiger partial charge in [-0.3, -0.25) is 0 Å². The third-order valence-corrected chi connectivity index (χ3v) is 4.74. The molecule has 0 heterocycles. The maximum Gasteiger partial charge on any atom is 0.160 e. The van der Waals surface area contributed by atoms with E-state index in [0.29, 0.717) is 11.5 Å². The van der Waals surface area contributed by atoms with E-state index in [9.17, 15) is 13.2 Å². The molecule has 1 fully saturated rings. The van der Waals surface area contributed by atoms with Crippen molar-refractivity contribution in [2.45, 2.75) is 38.5 Å². The molecule has 0 N–H and O–H groups in total. The van der Waals surface area contributed by atoms with Crippen molar-refractivity contribution in [2.24, 2.45) is 5.92 Å². The molecule has 0 atom stereocenters. The Balaban J connectivity index is 1.78. The number of hydrogen-bond donors (Lipinski definition) is 0. The van der Waals surface area contributed by atoms with Crippen molar-refractivity contribution in [3.05, 3.63) is 70.5 Å². The molecule has 2 aromatic carbocycles. The Morgan fingerprint density at radius 2 is 1.54 bits per heavy atom. The second-order valence-corrected chi connectivity index (χ2v) is 6.57. The minimum atomic E-state index is -0.954. The largest absolute Gasteiger partial charge is 0.206 e. The predicted molar refractivity (Wildman–Crippen MR) is 89.1 cm³/mol. The normalized spacial score (nSPS) is 20.3. The van der Waals surface area contributed by atoms with Crippen molar-refractivity contribution in [1.29, 1.82) is 0 Å². The monoisotopic (exact) mass is 328 g/mol. The van der Waals surface area contributed by atoms with Gasteiger partial charge in [0.15, 0.2) is 11.6 Å². The second kappa shape index (κ2) is 7.13. The predicted octanol–water partition coefficient (Wildman–Crippen LogP) is 5.80. The summed E-state index contributed by atoms with van der Waals surface area (Å²) in [5.41, 5.74) is 1.61. The van der Waals surface area contributed by atoms with Crippen LogP contribution in [0, 0.1) is 35.2 Å². The van der Waals surface area contributed by atoms with Gasteiger partial charge in [-0.05, 0) is 60.6 Å². The van der Waals surface area contributed by atoms with Crippen LogP contribution in [0.5, 0.6) is 0 Å². The van der Waals surface area contributed by atoms with E-state index in [1.165, 1.54) is 18.9 Å². The molecule has 1 saturated carbocycles. The highest BCUT2D eigenvalue weighted by molar-refractivity contribution is 5.44. The lowest BCUT2D eigenvalue weighted by Crippen LogP contribution is -2.11. The summed E-state index contributed by atoms with van der Waals surface area (Å²) in [5, 5.41) is 0. The summed E-state index contributed by atoms with van der Waals surface area (Å²) in [6.45, 7) is 2.26. The maximum atomic E-state index is 14.3. The van der Waals surface area contributed by atoms with Gasteiger partial charge in [-0.15, -0.1) is 0 Å². The average Bonchev–Trinajstić information content (AvgIpc) is 2.57. The molecule has 1 aliphatic rings. The van der Waals surface area contributed by atoms with Gasteiger partial charge in [-0.2, -0.15) is 0 Å². The first-order valence-electron chi connectivity index (χ1n) is 8.29. The van der Waals surface area contributed by atoms with Gasteiger partial charge in [0, 0.05) is 5.56 Å². The third-order valence-electron chi connectivity index (χ3n) is 4.74. The van der Waals surface area contributed by atoms with Gasteiger partial charge in [0.2, 0.25) is 0 Å². The van der Waals surface area contributed by atoms with E-state index in [4.69, 9.17) is 0 Å². The zero-order chi connectivity index (χ0) is 17.1. The Bertz CT molecular complexity index is 790. The fraction of sp³-hybridized carbons (Fsp3) is 0.333. The number of benzene rings is 2. The smallest absolute Gasteiger partial charge is 0.160 e. The van der Waals surface area contributed by atoms with Crippen molar-refractivity contribution in [2.75, 3.05) is 0 Å². The molecule has 0 saturated heterocycles. The van der Waals surface area contributed by atoms with E-state index >= 15 is 0 Å². The summed E-state index contributed by atoms with van der Waals surface area (Å²) in [5.74, 6) is 4.32. The van der Waals surface area contributed by atoms with Gasteiger partial charge >= 0.3 is 0 Å². The van der Waals surface area contributed by atoms with Gasteiger partial charge < -0.3 is 0 Å². The molecule has 3 heteroatoms. The zero-order valence-electron chi connectivity index (χ0n) is 13.6. The van der Waals surface area contributed by atoms with E-state index in [0.717, 1.165) is 36.5 Å². The summed E-state index contributed by atoms with van der Waals surface area (Å²) in [6, 6.07) is 8.58. The van der Waals surface area contributed by atoms with Crippen LogP contribution in [0.15, 0.2) is 36.4 Å². The molecule has 0 amide bonds. The van der Waals surface area contributed by atoms with Crippen molar-refractivity contribution >= 4 is 0 Å². The lowest BCUT2D eigenvalue weighted by atomic mass is 9.79. The molecule has 24 heavy (non-hydrogen) atoms. The third kappa shape index (κ3) is 3.82. The van der Waals surface area contributed by atoms with Crippen LogP contribution in [0.2, 0.25) is 0 Å². The lowest BCUT2D eigenvalue weighted by Gasteiger charge is -2.26. The second-order valence-electron chi connectivity index (χ2n) is 6.57. The van der Waals surface area contributed by atoms with Crippen LogP contribution in [0.25, 0.3) is 0 Å². The number of halogens is 3. The highest BCUT2D eigenvalue weighted by atomic mass is 19.2. The van der Waals surface area contributed by atoms with Crippen LogP contribution in [0.4, 0.5) is 13.2 Å². The standard InChI is InChI=1S/C21H19F3/c1-14-2-6-16(7-3-14)18-10-9-17(20(23)13-18)8-4-15-5-11-19(22)21(24)12-15/h5,9-14,16H,2-3,6-7H2,1H3. The number of hydrogen-bond acceptors (Lipinski definition) is 0. The van der Waals surface area contributed by atoms with Crippen LogP contribution >= 0.6 is 0 Å². The molecule has 0 radical (unpaired) electrons. The Morgan fingerprint density at radius 3 is 2.21 bits per heavy atom. The summed E-state index contributed by atoms with van der Waals surface area (Å²) in [6.07, 6.45) is 4.56. The molecule has 0 nitrogen and oxygen atoms in total. The Hall–Kier alpha value is -2.21. The van der Waals surface area contributed by atoms with Crippen molar-refractivity contribution in [3.63, 3.8) is 0 Å². The van der Waals surface area contributed by atoms with Crippen molar-refractivity contribution < 1.29 is 13.2 Å². The highest BCUT2D eigenvalue weighted by Gasteiger charge is 2.20. The van der Waals surface area contributed by atoms with E-state index in [2.05, 4.69) is 18.8 Å². The van der Waals surface area contributed by atoms with Gasteiger partial charge in [-0.25, -0.2) is 13.2 Å². The van der Waals surface area contributed by atoms with Gasteiger partial charge in [0.1, 0.15) is 5.82 Å². The molecular formula is C21H19F3. The summed E-state index contributed by atoms with van der Waals surface area (Å²) in [7, 11) is 0. The van der Waals surface area contributed by atoms with Crippen LogP contribution in [-0.4, -0.2) is 0 Å². The SMILES string of the molecule is CC1CCC(c2ccc(C#Cc3ccc(F)c(F)c3)c(F)c2)CC1. The fourth-order valence-electron chi connectivity index (χ4n) is 3.19. The first-order chi connectivity index (χ1) is 11.5. The molecular weight excluding hydrogens is 309 g/mol. The Labute approximate surface area is 140 Å². The van der Waals surface area contributed by atoms with E-state index in [1.54, 1.807) is 12.1 Å². The van der Waals surface area contributed by atoms with E-state index in [-0.39, 0.29) is 11.4 Å². The quantitative estimate of drug-likeness (QED) is 0.581. The molecule has 2 aromatic rings. The first-order valence-corrected chi connectivity index (χ1v) is 8.29. The van der Waals surface area contributed by atoms with Crippen LogP contribution in [0.1, 0.15) is 55.2 Å². The Morgan fingerprint density at radius 1 is 0.792 bits per heavy atom. The molecule has 124 valence electrons. The van der Waals surface area contributed by atoms with E-state index in [1.807, 2.05) is 6.07 Å².